The minimum absolute atomic E-state index is 0.278. The minimum Gasteiger partial charge on any atom is -0.481 e. The Bertz CT molecular complexity index is 194. The molecule has 0 amide bonds. The summed E-state index contributed by atoms with van der Waals surface area (Å²) in [6, 6.07) is 0. The second kappa shape index (κ2) is 5.35. The molecule has 3 atom stereocenters. The topological polar surface area (TPSA) is 63.3 Å². The van der Waals surface area contributed by atoms with Crippen molar-refractivity contribution in [1.29, 1.82) is 0 Å². The molecule has 1 aliphatic rings. The van der Waals surface area contributed by atoms with Crippen molar-refractivity contribution in [3.63, 3.8) is 0 Å². The summed E-state index contributed by atoms with van der Waals surface area (Å²) < 4.78 is 0. The van der Waals surface area contributed by atoms with Crippen molar-refractivity contribution in [2.45, 2.75) is 39.0 Å². The molecule has 1 rings (SSSR count). The number of aliphatic carboxylic acids is 1. The molecule has 0 heterocycles. The predicted octanol–water partition coefficient (Wildman–Crippen LogP) is 1.86. The summed E-state index contributed by atoms with van der Waals surface area (Å²) in [5, 5.41) is 8.89. The second-order valence-corrected chi connectivity index (χ2v) is 4.64. The second-order valence-electron chi connectivity index (χ2n) is 4.64. The van der Waals surface area contributed by atoms with Gasteiger partial charge in [0.25, 0.3) is 0 Å². The van der Waals surface area contributed by atoms with Crippen molar-refractivity contribution in [3.05, 3.63) is 0 Å². The molecule has 0 aromatic heterocycles. The van der Waals surface area contributed by atoms with Crippen LogP contribution in [0.3, 0.4) is 0 Å². The molecule has 3 N–H and O–H groups in total. The lowest BCUT2D eigenvalue weighted by Gasteiger charge is -2.28. The zero-order chi connectivity index (χ0) is 10.6. The molecule has 0 bridgehead atoms. The Morgan fingerprint density at radius 3 is 2.79 bits per heavy atom. The quantitative estimate of drug-likeness (QED) is 0.726. The van der Waals surface area contributed by atoms with E-state index in [9.17, 15) is 4.79 Å². The first-order valence-electron chi connectivity index (χ1n) is 5.56. The molecule has 1 aliphatic carbocycles. The van der Waals surface area contributed by atoms with E-state index in [-0.39, 0.29) is 12.5 Å². The normalized spacial score (nSPS) is 29.9. The Hall–Kier alpha value is -0.570. The van der Waals surface area contributed by atoms with E-state index in [0.717, 1.165) is 12.3 Å². The van der Waals surface area contributed by atoms with E-state index in [0.29, 0.717) is 5.92 Å². The predicted molar refractivity (Wildman–Crippen MR) is 55.9 cm³/mol. The molecule has 0 saturated heterocycles. The molecule has 14 heavy (non-hydrogen) atoms. The molecule has 3 nitrogen and oxygen atoms in total. The number of nitrogens with two attached hydrogens (primary N) is 1. The molecule has 0 spiro atoms. The van der Waals surface area contributed by atoms with Gasteiger partial charge in [0.1, 0.15) is 0 Å². The molecule has 0 aromatic rings. The Kier molecular flexibility index (Phi) is 4.39. The van der Waals surface area contributed by atoms with Crippen LogP contribution in [0.1, 0.15) is 39.0 Å². The van der Waals surface area contributed by atoms with Crippen molar-refractivity contribution in [2.75, 3.05) is 6.54 Å². The van der Waals surface area contributed by atoms with E-state index in [1.165, 1.54) is 25.7 Å². The Balaban J connectivity index is 2.37. The highest BCUT2D eigenvalue weighted by atomic mass is 16.4. The van der Waals surface area contributed by atoms with E-state index in [2.05, 4.69) is 6.92 Å². The Morgan fingerprint density at radius 1 is 1.57 bits per heavy atom. The summed E-state index contributed by atoms with van der Waals surface area (Å²) in [6.45, 7) is 2.53. The van der Waals surface area contributed by atoms with Gasteiger partial charge in [-0.15, -0.1) is 0 Å². The summed E-state index contributed by atoms with van der Waals surface area (Å²) >= 11 is 0. The molecule has 82 valence electrons. The van der Waals surface area contributed by atoms with Gasteiger partial charge in [0.15, 0.2) is 0 Å². The van der Waals surface area contributed by atoms with Gasteiger partial charge < -0.3 is 10.8 Å². The largest absolute Gasteiger partial charge is 0.481 e. The number of carbonyl (C=O) groups is 1. The molecule has 0 aromatic carbocycles. The van der Waals surface area contributed by atoms with Gasteiger partial charge >= 0.3 is 5.97 Å². The van der Waals surface area contributed by atoms with Crippen molar-refractivity contribution in [1.82, 2.24) is 0 Å². The number of carboxylic acid groups (broad SMARTS) is 1. The third kappa shape index (κ3) is 3.29. The molecule has 1 saturated carbocycles. The fourth-order valence-electron chi connectivity index (χ4n) is 2.47. The van der Waals surface area contributed by atoms with E-state index >= 15 is 0 Å². The van der Waals surface area contributed by atoms with Crippen molar-refractivity contribution in [2.24, 2.45) is 23.5 Å². The maximum absolute atomic E-state index is 10.8. The lowest BCUT2D eigenvalue weighted by atomic mass is 9.78. The van der Waals surface area contributed by atoms with Crippen LogP contribution in [-0.2, 0) is 4.79 Å². The molecule has 3 unspecified atom stereocenters. The number of rotatable bonds is 4. The van der Waals surface area contributed by atoms with E-state index in [4.69, 9.17) is 10.8 Å². The van der Waals surface area contributed by atoms with Crippen LogP contribution < -0.4 is 5.73 Å². The SMILES string of the molecule is CC1CCCC(CC(CN)C(=O)O)C1. The van der Waals surface area contributed by atoms with Crippen LogP contribution in [0.5, 0.6) is 0 Å². The number of hydrogen-bond donors (Lipinski definition) is 2. The van der Waals surface area contributed by atoms with Gasteiger partial charge in [0.2, 0.25) is 0 Å². The van der Waals surface area contributed by atoms with Crippen LogP contribution in [0.2, 0.25) is 0 Å². The van der Waals surface area contributed by atoms with Gasteiger partial charge in [0.05, 0.1) is 5.92 Å². The van der Waals surface area contributed by atoms with Crippen molar-refractivity contribution >= 4 is 5.97 Å². The average Bonchev–Trinajstić information content (AvgIpc) is 2.14. The molecule has 0 radical (unpaired) electrons. The highest BCUT2D eigenvalue weighted by Crippen LogP contribution is 2.32. The van der Waals surface area contributed by atoms with Crippen LogP contribution in [0.4, 0.5) is 0 Å². The minimum atomic E-state index is -0.731. The summed E-state index contributed by atoms with van der Waals surface area (Å²) in [5.74, 6) is 0.292. The lowest BCUT2D eigenvalue weighted by Crippen LogP contribution is -2.27. The van der Waals surface area contributed by atoms with E-state index < -0.39 is 5.97 Å². The van der Waals surface area contributed by atoms with Crippen LogP contribution in [0.25, 0.3) is 0 Å². The van der Waals surface area contributed by atoms with Gasteiger partial charge in [-0.05, 0) is 24.7 Å². The Labute approximate surface area is 85.7 Å². The zero-order valence-electron chi connectivity index (χ0n) is 8.91. The van der Waals surface area contributed by atoms with E-state index in [1.807, 2.05) is 0 Å². The van der Waals surface area contributed by atoms with Crippen LogP contribution >= 0.6 is 0 Å². The molecule has 0 aliphatic heterocycles. The lowest BCUT2D eigenvalue weighted by molar-refractivity contribution is -0.142. The van der Waals surface area contributed by atoms with Crippen LogP contribution in [-0.4, -0.2) is 17.6 Å². The van der Waals surface area contributed by atoms with Gasteiger partial charge in [-0.2, -0.15) is 0 Å². The molecule has 1 fully saturated rings. The fourth-order valence-corrected chi connectivity index (χ4v) is 2.47. The highest BCUT2D eigenvalue weighted by Gasteiger charge is 2.24. The summed E-state index contributed by atoms with van der Waals surface area (Å²) in [5.41, 5.74) is 5.44. The Morgan fingerprint density at radius 2 is 2.29 bits per heavy atom. The number of carboxylic acids is 1. The van der Waals surface area contributed by atoms with Gasteiger partial charge in [-0.1, -0.05) is 26.2 Å². The summed E-state index contributed by atoms with van der Waals surface area (Å²) in [4.78, 5) is 10.8. The fraction of sp³-hybridized carbons (Fsp3) is 0.909. The summed E-state index contributed by atoms with van der Waals surface area (Å²) in [7, 11) is 0. The highest BCUT2D eigenvalue weighted by molar-refractivity contribution is 5.70. The first-order chi connectivity index (χ1) is 6.63. The van der Waals surface area contributed by atoms with Crippen molar-refractivity contribution in [3.8, 4) is 0 Å². The number of hydrogen-bond acceptors (Lipinski definition) is 2. The maximum atomic E-state index is 10.8. The van der Waals surface area contributed by atoms with Gasteiger partial charge in [0, 0.05) is 6.54 Å². The summed E-state index contributed by atoms with van der Waals surface area (Å²) in [6.07, 6.45) is 5.70. The van der Waals surface area contributed by atoms with Crippen LogP contribution in [0.15, 0.2) is 0 Å². The molecular formula is C11H21NO2. The monoisotopic (exact) mass is 199 g/mol. The standard InChI is InChI=1S/C11H21NO2/c1-8-3-2-4-9(5-8)6-10(7-12)11(13)14/h8-10H,2-7,12H2,1H3,(H,13,14). The zero-order valence-corrected chi connectivity index (χ0v) is 8.91. The smallest absolute Gasteiger partial charge is 0.307 e. The van der Waals surface area contributed by atoms with E-state index in [1.54, 1.807) is 0 Å². The van der Waals surface area contributed by atoms with Crippen molar-refractivity contribution < 1.29 is 9.90 Å². The van der Waals surface area contributed by atoms with Crippen LogP contribution in [0, 0.1) is 17.8 Å². The van der Waals surface area contributed by atoms with Gasteiger partial charge in [-0.25, -0.2) is 0 Å². The third-order valence-corrected chi connectivity index (χ3v) is 3.30. The first-order valence-corrected chi connectivity index (χ1v) is 5.56. The third-order valence-electron chi connectivity index (χ3n) is 3.30. The molecular weight excluding hydrogens is 178 g/mol. The molecule has 3 heteroatoms. The first kappa shape index (κ1) is 11.5. The average molecular weight is 199 g/mol. The van der Waals surface area contributed by atoms with Gasteiger partial charge in [-0.3, -0.25) is 4.79 Å². The maximum Gasteiger partial charge on any atom is 0.307 e.